The smallest absolute Gasteiger partial charge is 0.181 e. The molecule has 1 aromatic carbocycles. The zero-order chi connectivity index (χ0) is 13.2. The van der Waals surface area contributed by atoms with Gasteiger partial charge in [-0.05, 0) is 47.0 Å². The van der Waals surface area contributed by atoms with Gasteiger partial charge < -0.3 is 5.73 Å². The van der Waals surface area contributed by atoms with Crippen LogP contribution in [-0.4, -0.2) is 15.2 Å². The number of aromatic nitrogens is 3. The summed E-state index contributed by atoms with van der Waals surface area (Å²) in [7, 11) is 0. The number of nitrogens with two attached hydrogens (primary N) is 1. The van der Waals surface area contributed by atoms with E-state index in [4.69, 9.17) is 5.73 Å². The van der Waals surface area contributed by atoms with Crippen LogP contribution in [0.5, 0.6) is 0 Å². The zero-order valence-electron chi connectivity index (χ0n) is 10.7. The quantitative estimate of drug-likeness (QED) is 0.825. The van der Waals surface area contributed by atoms with E-state index in [0.29, 0.717) is 5.92 Å². The summed E-state index contributed by atoms with van der Waals surface area (Å²) in [6, 6.07) is 5.78. The van der Waals surface area contributed by atoms with Crippen LogP contribution in [-0.2, 0) is 0 Å². The van der Waals surface area contributed by atoms with Crippen molar-refractivity contribution in [1.29, 1.82) is 0 Å². The Balaban J connectivity index is 1.85. The predicted molar refractivity (Wildman–Crippen MR) is 79.8 cm³/mol. The molecule has 3 N–H and O–H groups in total. The predicted octanol–water partition coefficient (Wildman–Crippen LogP) is 3.86. The third-order valence-corrected chi connectivity index (χ3v) is 4.44. The molecule has 1 aromatic heterocycles. The molecular weight excluding hydrogens is 304 g/mol. The molecule has 3 rings (SSSR count). The Morgan fingerprint density at radius 2 is 2.00 bits per heavy atom. The number of aromatic amines is 1. The summed E-state index contributed by atoms with van der Waals surface area (Å²) in [6.07, 6.45) is 6.39. The molecule has 0 aliphatic heterocycles. The van der Waals surface area contributed by atoms with Crippen LogP contribution in [0.15, 0.2) is 22.7 Å². The van der Waals surface area contributed by atoms with Crippen LogP contribution in [0, 0.1) is 0 Å². The van der Waals surface area contributed by atoms with Crippen LogP contribution in [0.25, 0.3) is 11.4 Å². The second kappa shape index (κ2) is 5.33. The molecular formula is C14H17BrN4. The Bertz CT molecular complexity index is 573. The average Bonchev–Trinajstić information content (AvgIpc) is 2.93. The molecule has 0 saturated heterocycles. The lowest BCUT2D eigenvalue weighted by atomic mass is 9.89. The van der Waals surface area contributed by atoms with E-state index >= 15 is 0 Å². The molecule has 1 fully saturated rings. The molecule has 0 unspecified atom stereocenters. The number of anilines is 1. The molecule has 2 aromatic rings. The van der Waals surface area contributed by atoms with E-state index in [1.165, 1.54) is 32.1 Å². The Morgan fingerprint density at radius 1 is 1.21 bits per heavy atom. The summed E-state index contributed by atoms with van der Waals surface area (Å²) in [6.45, 7) is 0. The maximum Gasteiger partial charge on any atom is 0.181 e. The number of H-pyrrole nitrogens is 1. The van der Waals surface area contributed by atoms with Gasteiger partial charge in [-0.25, -0.2) is 4.98 Å². The fraction of sp³-hybridized carbons (Fsp3) is 0.429. The van der Waals surface area contributed by atoms with Crippen molar-refractivity contribution in [3.05, 3.63) is 28.5 Å². The minimum absolute atomic E-state index is 0.548. The molecule has 1 heterocycles. The lowest BCUT2D eigenvalue weighted by Gasteiger charge is -2.18. The van der Waals surface area contributed by atoms with Crippen molar-refractivity contribution in [3.63, 3.8) is 0 Å². The second-order valence-electron chi connectivity index (χ2n) is 5.12. The molecule has 0 radical (unpaired) electrons. The summed E-state index contributed by atoms with van der Waals surface area (Å²) < 4.78 is 0.883. The molecule has 19 heavy (non-hydrogen) atoms. The van der Waals surface area contributed by atoms with Crippen molar-refractivity contribution < 1.29 is 0 Å². The number of benzene rings is 1. The Labute approximate surface area is 120 Å². The number of halogens is 1. The first-order valence-corrected chi connectivity index (χ1v) is 7.51. The topological polar surface area (TPSA) is 67.6 Å². The van der Waals surface area contributed by atoms with E-state index in [9.17, 15) is 0 Å². The highest BCUT2D eigenvalue weighted by Crippen LogP contribution is 2.32. The summed E-state index contributed by atoms with van der Waals surface area (Å²) in [5, 5.41) is 7.44. The lowest BCUT2D eigenvalue weighted by Crippen LogP contribution is -2.06. The first-order chi connectivity index (χ1) is 9.24. The first-order valence-electron chi connectivity index (χ1n) is 6.72. The highest BCUT2D eigenvalue weighted by molar-refractivity contribution is 9.10. The van der Waals surface area contributed by atoms with Gasteiger partial charge in [0, 0.05) is 21.6 Å². The summed E-state index contributed by atoms with van der Waals surface area (Å²) in [4.78, 5) is 4.65. The second-order valence-corrected chi connectivity index (χ2v) is 5.97. The van der Waals surface area contributed by atoms with Crippen LogP contribution >= 0.6 is 15.9 Å². The van der Waals surface area contributed by atoms with E-state index in [-0.39, 0.29) is 0 Å². The number of nitrogens with one attached hydrogen (secondary N) is 1. The monoisotopic (exact) mass is 320 g/mol. The normalized spacial score (nSPS) is 16.7. The molecule has 1 saturated carbocycles. The van der Waals surface area contributed by atoms with Gasteiger partial charge in [0.15, 0.2) is 5.82 Å². The molecule has 1 aliphatic rings. The van der Waals surface area contributed by atoms with E-state index in [1.54, 1.807) is 0 Å². The van der Waals surface area contributed by atoms with Crippen LogP contribution in [0.1, 0.15) is 43.8 Å². The summed E-state index contributed by atoms with van der Waals surface area (Å²) in [5.41, 5.74) is 7.51. The number of hydrogen-bond donors (Lipinski definition) is 2. The van der Waals surface area contributed by atoms with Gasteiger partial charge in [-0.1, -0.05) is 19.3 Å². The minimum Gasteiger partial charge on any atom is -0.398 e. The average molecular weight is 321 g/mol. The minimum atomic E-state index is 0.548. The number of hydrogen-bond acceptors (Lipinski definition) is 3. The molecule has 5 heteroatoms. The Morgan fingerprint density at radius 3 is 2.74 bits per heavy atom. The van der Waals surface area contributed by atoms with Crippen molar-refractivity contribution in [2.45, 2.75) is 38.0 Å². The van der Waals surface area contributed by atoms with Crippen LogP contribution in [0.2, 0.25) is 0 Å². The fourth-order valence-corrected chi connectivity index (χ4v) is 3.01. The van der Waals surface area contributed by atoms with Gasteiger partial charge in [-0.3, -0.25) is 5.10 Å². The lowest BCUT2D eigenvalue weighted by molar-refractivity contribution is 0.429. The Hall–Kier alpha value is -1.36. The van der Waals surface area contributed by atoms with Gasteiger partial charge in [0.05, 0.1) is 0 Å². The molecule has 0 amide bonds. The maximum atomic E-state index is 5.79. The van der Waals surface area contributed by atoms with Crippen molar-refractivity contribution >= 4 is 21.6 Å². The van der Waals surface area contributed by atoms with Crippen molar-refractivity contribution in [2.75, 3.05) is 5.73 Å². The summed E-state index contributed by atoms with van der Waals surface area (Å²) >= 11 is 3.44. The third-order valence-electron chi connectivity index (χ3n) is 3.75. The van der Waals surface area contributed by atoms with E-state index in [1.807, 2.05) is 18.2 Å². The zero-order valence-corrected chi connectivity index (χ0v) is 12.3. The van der Waals surface area contributed by atoms with Gasteiger partial charge in [-0.15, -0.1) is 0 Å². The highest BCUT2D eigenvalue weighted by atomic mass is 79.9. The van der Waals surface area contributed by atoms with E-state index in [2.05, 4.69) is 31.1 Å². The standard InChI is InChI=1S/C14H17BrN4/c15-11-8-10(6-7-12(11)16)14-17-13(18-19-14)9-4-2-1-3-5-9/h6-9H,1-5,16H2,(H,17,18,19). The SMILES string of the molecule is Nc1ccc(-c2n[nH]c(C3CCCCC3)n2)cc1Br. The molecule has 0 spiro atoms. The van der Waals surface area contributed by atoms with Gasteiger partial charge in [0.25, 0.3) is 0 Å². The number of nitrogens with zero attached hydrogens (tertiary/aromatic N) is 2. The van der Waals surface area contributed by atoms with E-state index < -0.39 is 0 Å². The van der Waals surface area contributed by atoms with Crippen LogP contribution < -0.4 is 5.73 Å². The van der Waals surface area contributed by atoms with Gasteiger partial charge in [0.1, 0.15) is 5.82 Å². The van der Waals surface area contributed by atoms with E-state index in [0.717, 1.165) is 27.4 Å². The molecule has 0 bridgehead atoms. The number of nitrogen functional groups attached to an aromatic ring is 1. The highest BCUT2D eigenvalue weighted by Gasteiger charge is 2.19. The molecule has 4 nitrogen and oxygen atoms in total. The maximum absolute atomic E-state index is 5.79. The van der Waals surface area contributed by atoms with Crippen LogP contribution in [0.3, 0.4) is 0 Å². The van der Waals surface area contributed by atoms with Gasteiger partial charge in [0.2, 0.25) is 0 Å². The molecule has 0 atom stereocenters. The largest absolute Gasteiger partial charge is 0.398 e. The fourth-order valence-electron chi connectivity index (χ4n) is 2.63. The summed E-state index contributed by atoms with van der Waals surface area (Å²) in [5.74, 6) is 2.33. The number of rotatable bonds is 2. The third kappa shape index (κ3) is 2.66. The van der Waals surface area contributed by atoms with Crippen molar-refractivity contribution in [2.24, 2.45) is 0 Å². The Kier molecular flexibility index (Phi) is 3.55. The van der Waals surface area contributed by atoms with Crippen molar-refractivity contribution in [1.82, 2.24) is 15.2 Å². The van der Waals surface area contributed by atoms with Gasteiger partial charge >= 0.3 is 0 Å². The van der Waals surface area contributed by atoms with Crippen LogP contribution in [0.4, 0.5) is 5.69 Å². The molecule has 100 valence electrons. The first kappa shape index (κ1) is 12.7. The molecule has 1 aliphatic carbocycles. The van der Waals surface area contributed by atoms with Gasteiger partial charge in [-0.2, -0.15) is 5.10 Å². The van der Waals surface area contributed by atoms with Crippen molar-refractivity contribution in [3.8, 4) is 11.4 Å².